The lowest BCUT2D eigenvalue weighted by molar-refractivity contribution is -0.0882. The molecule has 0 atom stereocenters. The van der Waals surface area contributed by atoms with Crippen LogP contribution in [0.1, 0.15) is 9.67 Å². The highest BCUT2D eigenvalue weighted by Crippen LogP contribution is 2.27. The molecule has 0 amide bonds. The first-order valence-electron chi connectivity index (χ1n) is 5.73. The van der Waals surface area contributed by atoms with Gasteiger partial charge in [0.2, 0.25) is 0 Å². The zero-order chi connectivity index (χ0) is 15.1. The minimum absolute atomic E-state index is 0.349. The standard InChI is InChI=1S/C11H12F3N3OSSi/c1-20(2,3)8-6-17(16-15-8)9-5-4-7(19-9)10(18)11(12,13)14/h4-6H,1-3H3. The van der Waals surface area contributed by atoms with E-state index in [2.05, 4.69) is 30.0 Å². The number of aromatic nitrogens is 3. The Morgan fingerprint density at radius 3 is 2.45 bits per heavy atom. The molecular weight excluding hydrogens is 307 g/mol. The molecule has 0 aromatic carbocycles. The molecule has 20 heavy (non-hydrogen) atoms. The minimum Gasteiger partial charge on any atom is -0.283 e. The van der Waals surface area contributed by atoms with Crippen molar-refractivity contribution in [2.75, 3.05) is 0 Å². The molecule has 2 heterocycles. The first-order valence-corrected chi connectivity index (χ1v) is 10.1. The highest BCUT2D eigenvalue weighted by atomic mass is 32.1. The number of hydrogen-bond acceptors (Lipinski definition) is 4. The van der Waals surface area contributed by atoms with E-state index < -0.39 is 20.0 Å². The molecule has 0 aliphatic rings. The Bertz CT molecular complexity index is 642. The van der Waals surface area contributed by atoms with E-state index in [0.717, 1.165) is 22.7 Å². The second kappa shape index (κ2) is 4.81. The van der Waals surface area contributed by atoms with Gasteiger partial charge in [-0.3, -0.25) is 4.79 Å². The van der Waals surface area contributed by atoms with Gasteiger partial charge >= 0.3 is 6.18 Å². The minimum atomic E-state index is -4.85. The van der Waals surface area contributed by atoms with Gasteiger partial charge in [-0.25, -0.2) is 4.68 Å². The first-order chi connectivity index (χ1) is 9.09. The van der Waals surface area contributed by atoms with E-state index in [4.69, 9.17) is 0 Å². The topological polar surface area (TPSA) is 47.8 Å². The number of Topliss-reactive ketones (excluding diaryl/α,β-unsaturated/α-hetero) is 1. The first kappa shape index (κ1) is 14.9. The fourth-order valence-corrected chi connectivity index (χ4v) is 3.17. The van der Waals surface area contributed by atoms with Crippen LogP contribution in [0.25, 0.3) is 5.00 Å². The number of nitrogens with zero attached hydrogens (tertiary/aromatic N) is 3. The van der Waals surface area contributed by atoms with E-state index in [1.54, 1.807) is 6.20 Å². The van der Waals surface area contributed by atoms with Gasteiger partial charge in [-0.05, 0) is 12.1 Å². The Balaban J connectivity index is 2.30. The van der Waals surface area contributed by atoms with E-state index in [0.29, 0.717) is 5.00 Å². The van der Waals surface area contributed by atoms with Gasteiger partial charge in [0.15, 0.2) is 0 Å². The predicted octanol–water partition coefficient (Wildman–Crippen LogP) is 2.62. The molecule has 4 nitrogen and oxygen atoms in total. The number of ketones is 1. The molecular formula is C11H12F3N3OSSi. The van der Waals surface area contributed by atoms with Crippen molar-refractivity contribution in [3.8, 4) is 5.00 Å². The van der Waals surface area contributed by atoms with Gasteiger partial charge in [0.05, 0.1) is 16.4 Å². The third-order valence-corrected chi connectivity index (χ3v) is 5.40. The van der Waals surface area contributed by atoms with Crippen LogP contribution in [0.15, 0.2) is 18.3 Å². The Morgan fingerprint density at radius 2 is 1.95 bits per heavy atom. The number of alkyl halides is 3. The molecule has 0 aliphatic carbocycles. The lowest BCUT2D eigenvalue weighted by Crippen LogP contribution is -2.38. The lowest BCUT2D eigenvalue weighted by Gasteiger charge is -2.09. The fourth-order valence-electron chi connectivity index (χ4n) is 1.43. The van der Waals surface area contributed by atoms with Crippen LogP contribution in [0.3, 0.4) is 0 Å². The van der Waals surface area contributed by atoms with Gasteiger partial charge < -0.3 is 0 Å². The maximum absolute atomic E-state index is 12.3. The third kappa shape index (κ3) is 2.98. The smallest absolute Gasteiger partial charge is 0.283 e. The Hall–Kier alpha value is -1.48. The SMILES string of the molecule is C[Si](C)(C)c1cn(-c2ccc(C(=O)C(F)(F)F)s2)nn1. The van der Waals surface area contributed by atoms with Gasteiger partial charge in [0, 0.05) is 0 Å². The average molecular weight is 319 g/mol. The predicted molar refractivity (Wildman–Crippen MR) is 72.6 cm³/mol. The second-order valence-electron chi connectivity index (χ2n) is 5.26. The number of carbonyl (C=O) groups is 1. The summed E-state index contributed by atoms with van der Waals surface area (Å²) in [5.41, 5.74) is 0. The number of carbonyl (C=O) groups excluding carboxylic acids is 1. The van der Waals surface area contributed by atoms with Crippen LogP contribution >= 0.6 is 11.3 Å². The molecule has 0 spiro atoms. The van der Waals surface area contributed by atoms with Crippen molar-refractivity contribution in [2.45, 2.75) is 25.8 Å². The van der Waals surface area contributed by atoms with Crippen molar-refractivity contribution >= 4 is 30.5 Å². The molecule has 2 rings (SSSR count). The molecule has 0 aliphatic heterocycles. The molecule has 0 unspecified atom stereocenters. The summed E-state index contributed by atoms with van der Waals surface area (Å²) < 4.78 is 38.4. The summed E-state index contributed by atoms with van der Waals surface area (Å²) in [4.78, 5) is 10.8. The van der Waals surface area contributed by atoms with Crippen LogP contribution < -0.4 is 5.32 Å². The number of hydrogen-bond donors (Lipinski definition) is 0. The van der Waals surface area contributed by atoms with Crippen LogP contribution in [-0.4, -0.2) is 35.0 Å². The van der Waals surface area contributed by atoms with Crippen LogP contribution in [-0.2, 0) is 0 Å². The van der Waals surface area contributed by atoms with Gasteiger partial charge in [0.1, 0.15) is 13.1 Å². The molecule has 2 aromatic heterocycles. The molecule has 9 heteroatoms. The van der Waals surface area contributed by atoms with Crippen LogP contribution in [0.5, 0.6) is 0 Å². The third-order valence-electron chi connectivity index (χ3n) is 2.56. The molecule has 108 valence electrons. The highest BCUT2D eigenvalue weighted by molar-refractivity contribution is 7.16. The zero-order valence-corrected chi connectivity index (χ0v) is 12.8. The van der Waals surface area contributed by atoms with Crippen molar-refractivity contribution in [3.05, 3.63) is 23.2 Å². The lowest BCUT2D eigenvalue weighted by atomic mass is 10.3. The summed E-state index contributed by atoms with van der Waals surface area (Å²) in [5.74, 6) is -1.83. The van der Waals surface area contributed by atoms with Crippen LogP contribution in [0.4, 0.5) is 13.2 Å². The van der Waals surface area contributed by atoms with E-state index in [9.17, 15) is 18.0 Å². The average Bonchev–Trinajstić information content (AvgIpc) is 2.94. The summed E-state index contributed by atoms with van der Waals surface area (Å²) in [6.45, 7) is 6.27. The summed E-state index contributed by atoms with van der Waals surface area (Å²) in [7, 11) is -1.63. The van der Waals surface area contributed by atoms with Crippen LogP contribution in [0, 0.1) is 0 Å². The van der Waals surface area contributed by atoms with Crippen LogP contribution in [0.2, 0.25) is 19.6 Å². The van der Waals surface area contributed by atoms with Crippen molar-refractivity contribution in [3.63, 3.8) is 0 Å². The number of halogens is 3. The monoisotopic (exact) mass is 319 g/mol. The second-order valence-corrected chi connectivity index (χ2v) is 11.3. The maximum atomic E-state index is 12.3. The summed E-state index contributed by atoms with van der Waals surface area (Å²) in [5, 5.41) is 9.24. The van der Waals surface area contributed by atoms with E-state index in [1.165, 1.54) is 10.7 Å². The highest BCUT2D eigenvalue weighted by Gasteiger charge is 2.40. The summed E-state index contributed by atoms with van der Waals surface area (Å²) in [6, 6.07) is 2.60. The molecule has 2 aromatic rings. The van der Waals surface area contributed by atoms with E-state index >= 15 is 0 Å². The largest absolute Gasteiger partial charge is 0.455 e. The van der Waals surface area contributed by atoms with Gasteiger partial charge in [-0.1, -0.05) is 24.9 Å². The van der Waals surface area contributed by atoms with Gasteiger partial charge in [-0.15, -0.1) is 16.4 Å². The Morgan fingerprint density at radius 1 is 1.30 bits per heavy atom. The van der Waals surface area contributed by atoms with Gasteiger partial charge in [-0.2, -0.15) is 13.2 Å². The summed E-state index contributed by atoms with van der Waals surface area (Å²) in [6.07, 6.45) is -3.14. The fraction of sp³-hybridized carbons (Fsp3) is 0.364. The molecule has 0 saturated carbocycles. The zero-order valence-electron chi connectivity index (χ0n) is 11.0. The van der Waals surface area contributed by atoms with E-state index in [-0.39, 0.29) is 4.88 Å². The Kier molecular flexibility index (Phi) is 3.59. The van der Waals surface area contributed by atoms with Crippen molar-refractivity contribution in [1.29, 1.82) is 0 Å². The normalized spacial score (nSPS) is 12.7. The van der Waals surface area contributed by atoms with Crippen molar-refractivity contribution in [1.82, 2.24) is 15.0 Å². The molecule has 0 radical (unpaired) electrons. The molecule has 0 N–H and O–H groups in total. The maximum Gasteiger partial charge on any atom is 0.455 e. The van der Waals surface area contributed by atoms with Crippen molar-refractivity contribution in [2.24, 2.45) is 0 Å². The molecule has 0 saturated heterocycles. The molecule has 0 fully saturated rings. The van der Waals surface area contributed by atoms with Crippen molar-refractivity contribution < 1.29 is 18.0 Å². The quantitative estimate of drug-likeness (QED) is 0.645. The molecule has 0 bridgehead atoms. The number of rotatable bonds is 3. The summed E-state index contributed by atoms with van der Waals surface area (Å²) >= 11 is 0.751. The van der Waals surface area contributed by atoms with E-state index in [1.807, 2.05) is 0 Å². The number of thiophene rings is 1. The Labute approximate surface area is 118 Å². The van der Waals surface area contributed by atoms with Gasteiger partial charge in [0.25, 0.3) is 5.78 Å².